The first-order valence-corrected chi connectivity index (χ1v) is 8.37. The van der Waals surface area contributed by atoms with Crippen LogP contribution in [-0.2, 0) is 6.54 Å². The van der Waals surface area contributed by atoms with Crippen molar-refractivity contribution in [2.75, 3.05) is 19.8 Å². The highest BCUT2D eigenvalue weighted by atomic mass is 16.6. The zero-order valence-corrected chi connectivity index (χ0v) is 13.8. The molecule has 0 aliphatic carbocycles. The first kappa shape index (κ1) is 14.9. The van der Waals surface area contributed by atoms with Crippen LogP contribution in [0.25, 0.3) is 22.8 Å². The summed E-state index contributed by atoms with van der Waals surface area (Å²) >= 11 is 0. The van der Waals surface area contributed by atoms with Crippen LogP contribution in [0.5, 0.6) is 11.5 Å². The SMILES string of the molecule is O=C1NCCn2nc(-c3ccnc(-c4ccc5c(c4)OCCO5)n3)cc21. The zero-order chi connectivity index (χ0) is 17.5. The van der Waals surface area contributed by atoms with Gasteiger partial charge in [0.05, 0.1) is 12.2 Å². The van der Waals surface area contributed by atoms with E-state index in [2.05, 4.69) is 20.4 Å². The molecule has 2 aromatic heterocycles. The smallest absolute Gasteiger partial charge is 0.269 e. The fourth-order valence-electron chi connectivity index (χ4n) is 3.08. The molecular formula is C18H15N5O3. The number of carbonyl (C=O) groups is 1. The van der Waals surface area contributed by atoms with Crippen LogP contribution < -0.4 is 14.8 Å². The van der Waals surface area contributed by atoms with E-state index in [0.717, 1.165) is 11.3 Å². The van der Waals surface area contributed by atoms with Crippen LogP contribution in [0.4, 0.5) is 0 Å². The Kier molecular flexibility index (Phi) is 3.34. The van der Waals surface area contributed by atoms with Crippen molar-refractivity contribution in [3.63, 3.8) is 0 Å². The molecule has 0 radical (unpaired) electrons. The summed E-state index contributed by atoms with van der Waals surface area (Å²) in [6.45, 7) is 2.32. The van der Waals surface area contributed by atoms with E-state index in [1.165, 1.54) is 0 Å². The van der Waals surface area contributed by atoms with Crippen LogP contribution in [0, 0.1) is 0 Å². The van der Waals surface area contributed by atoms with Crippen molar-refractivity contribution >= 4 is 5.91 Å². The Hall–Kier alpha value is -3.42. The lowest BCUT2D eigenvalue weighted by Gasteiger charge is -2.18. The molecule has 5 rings (SSSR count). The van der Waals surface area contributed by atoms with E-state index >= 15 is 0 Å². The van der Waals surface area contributed by atoms with Gasteiger partial charge >= 0.3 is 0 Å². The monoisotopic (exact) mass is 349 g/mol. The van der Waals surface area contributed by atoms with Gasteiger partial charge in [-0.1, -0.05) is 0 Å². The Bertz CT molecular complexity index is 1010. The second-order valence-corrected chi connectivity index (χ2v) is 6.02. The lowest BCUT2D eigenvalue weighted by atomic mass is 10.1. The van der Waals surface area contributed by atoms with Crippen molar-refractivity contribution in [1.82, 2.24) is 25.1 Å². The van der Waals surface area contributed by atoms with Crippen LogP contribution in [0.15, 0.2) is 36.5 Å². The van der Waals surface area contributed by atoms with Gasteiger partial charge in [-0.05, 0) is 30.3 Å². The highest BCUT2D eigenvalue weighted by Crippen LogP contribution is 2.33. The van der Waals surface area contributed by atoms with Crippen LogP contribution in [-0.4, -0.2) is 45.4 Å². The maximum Gasteiger partial charge on any atom is 0.269 e. The first-order chi connectivity index (χ1) is 12.8. The summed E-state index contributed by atoms with van der Waals surface area (Å²) in [5.41, 5.74) is 2.70. The molecule has 1 amide bonds. The number of hydrogen-bond donors (Lipinski definition) is 1. The highest BCUT2D eigenvalue weighted by Gasteiger charge is 2.21. The minimum atomic E-state index is -0.115. The Morgan fingerprint density at radius 3 is 2.81 bits per heavy atom. The third-order valence-electron chi connectivity index (χ3n) is 4.34. The fourth-order valence-corrected chi connectivity index (χ4v) is 3.08. The number of hydrogen-bond acceptors (Lipinski definition) is 6. The second kappa shape index (κ2) is 5.83. The molecule has 0 fully saturated rings. The van der Waals surface area contributed by atoms with Gasteiger partial charge in [0.2, 0.25) is 0 Å². The Morgan fingerprint density at radius 2 is 1.92 bits per heavy atom. The van der Waals surface area contributed by atoms with Gasteiger partial charge in [0.25, 0.3) is 5.91 Å². The molecule has 0 saturated carbocycles. The molecule has 2 aliphatic rings. The lowest BCUT2D eigenvalue weighted by molar-refractivity contribution is 0.0924. The molecule has 2 aliphatic heterocycles. The van der Waals surface area contributed by atoms with Crippen molar-refractivity contribution in [1.29, 1.82) is 0 Å². The number of rotatable bonds is 2. The number of benzene rings is 1. The predicted octanol–water partition coefficient (Wildman–Crippen LogP) is 1.52. The molecule has 4 heterocycles. The summed E-state index contributed by atoms with van der Waals surface area (Å²) in [5.74, 6) is 1.87. The summed E-state index contributed by atoms with van der Waals surface area (Å²) in [5, 5.41) is 7.31. The molecule has 3 aromatic rings. The predicted molar refractivity (Wildman–Crippen MR) is 92.0 cm³/mol. The van der Waals surface area contributed by atoms with Crippen molar-refractivity contribution in [2.24, 2.45) is 0 Å². The Labute approximate surface area is 148 Å². The van der Waals surface area contributed by atoms with Crippen molar-refractivity contribution in [2.45, 2.75) is 6.54 Å². The van der Waals surface area contributed by atoms with Crippen molar-refractivity contribution < 1.29 is 14.3 Å². The third kappa shape index (κ3) is 2.46. The van der Waals surface area contributed by atoms with Gasteiger partial charge in [-0.15, -0.1) is 0 Å². The number of carbonyl (C=O) groups excluding carboxylic acids is 1. The Balaban J connectivity index is 1.53. The van der Waals surface area contributed by atoms with E-state index in [1.807, 2.05) is 18.2 Å². The summed E-state index contributed by atoms with van der Waals surface area (Å²) in [6.07, 6.45) is 1.69. The van der Waals surface area contributed by atoms with E-state index in [0.29, 0.717) is 55.0 Å². The Morgan fingerprint density at radius 1 is 1.04 bits per heavy atom. The van der Waals surface area contributed by atoms with E-state index in [4.69, 9.17) is 9.47 Å². The van der Waals surface area contributed by atoms with Crippen LogP contribution in [0.2, 0.25) is 0 Å². The van der Waals surface area contributed by atoms with E-state index < -0.39 is 0 Å². The molecule has 0 atom stereocenters. The van der Waals surface area contributed by atoms with Gasteiger partial charge in [-0.2, -0.15) is 5.10 Å². The molecule has 130 valence electrons. The van der Waals surface area contributed by atoms with Crippen molar-refractivity contribution in [3.8, 4) is 34.3 Å². The number of aromatic nitrogens is 4. The van der Waals surface area contributed by atoms with Crippen molar-refractivity contribution in [3.05, 3.63) is 42.2 Å². The van der Waals surface area contributed by atoms with Gasteiger partial charge in [0, 0.05) is 18.3 Å². The number of fused-ring (bicyclic) bond motifs is 2. The standard InChI is InChI=1S/C18H15N5O3/c24-18-14-10-13(22-23(14)6-5-20-18)12-3-4-19-17(21-12)11-1-2-15-16(9-11)26-8-7-25-15/h1-4,9-10H,5-8H2,(H,20,24). The summed E-state index contributed by atoms with van der Waals surface area (Å²) in [6, 6.07) is 9.18. The highest BCUT2D eigenvalue weighted by molar-refractivity contribution is 5.94. The number of ether oxygens (including phenoxy) is 2. The van der Waals surface area contributed by atoms with Gasteiger partial charge in [0.15, 0.2) is 17.3 Å². The fraction of sp³-hybridized carbons (Fsp3) is 0.222. The molecule has 8 heteroatoms. The molecule has 8 nitrogen and oxygen atoms in total. The van der Waals surface area contributed by atoms with Gasteiger partial charge < -0.3 is 14.8 Å². The largest absolute Gasteiger partial charge is 0.486 e. The number of nitrogens with zero attached hydrogens (tertiary/aromatic N) is 4. The van der Waals surface area contributed by atoms with Crippen LogP contribution in [0.3, 0.4) is 0 Å². The molecule has 0 unspecified atom stereocenters. The lowest BCUT2D eigenvalue weighted by Crippen LogP contribution is -2.35. The summed E-state index contributed by atoms with van der Waals surface area (Å²) in [4.78, 5) is 20.9. The second-order valence-electron chi connectivity index (χ2n) is 6.02. The number of nitrogens with one attached hydrogen (secondary N) is 1. The minimum absolute atomic E-state index is 0.115. The molecule has 1 N–H and O–H groups in total. The molecular weight excluding hydrogens is 334 g/mol. The average Bonchev–Trinajstić information content (AvgIpc) is 3.14. The van der Waals surface area contributed by atoms with Gasteiger partial charge in [-0.3, -0.25) is 9.48 Å². The molecule has 0 bridgehead atoms. The minimum Gasteiger partial charge on any atom is -0.486 e. The topological polar surface area (TPSA) is 91.2 Å². The summed E-state index contributed by atoms with van der Waals surface area (Å²) < 4.78 is 12.9. The molecule has 26 heavy (non-hydrogen) atoms. The normalized spacial score (nSPS) is 15.3. The molecule has 0 saturated heterocycles. The van der Waals surface area contributed by atoms with Gasteiger partial charge in [-0.25, -0.2) is 9.97 Å². The maximum atomic E-state index is 11.9. The maximum absolute atomic E-state index is 11.9. The molecule has 0 spiro atoms. The van der Waals surface area contributed by atoms with E-state index in [1.54, 1.807) is 23.0 Å². The van der Waals surface area contributed by atoms with E-state index in [9.17, 15) is 4.79 Å². The zero-order valence-electron chi connectivity index (χ0n) is 13.8. The molecule has 1 aromatic carbocycles. The van der Waals surface area contributed by atoms with Gasteiger partial charge in [0.1, 0.15) is 24.6 Å². The average molecular weight is 349 g/mol. The quantitative estimate of drug-likeness (QED) is 0.754. The van der Waals surface area contributed by atoms with Crippen LogP contribution in [0.1, 0.15) is 10.5 Å². The third-order valence-corrected chi connectivity index (χ3v) is 4.34. The summed E-state index contributed by atoms with van der Waals surface area (Å²) in [7, 11) is 0. The first-order valence-electron chi connectivity index (χ1n) is 8.37. The van der Waals surface area contributed by atoms with Crippen LogP contribution >= 0.6 is 0 Å². The number of amides is 1. The van der Waals surface area contributed by atoms with E-state index in [-0.39, 0.29) is 5.91 Å².